The Morgan fingerprint density at radius 3 is 3.11 bits per heavy atom. The summed E-state index contributed by atoms with van der Waals surface area (Å²) in [6.45, 7) is 2.97. The van der Waals surface area contributed by atoms with Crippen molar-refractivity contribution < 1.29 is 9.84 Å². The van der Waals surface area contributed by atoms with Gasteiger partial charge in [-0.05, 0) is 49.9 Å². The van der Waals surface area contributed by atoms with E-state index in [1.165, 1.54) is 44.2 Å². The molecular formula is C16H21NO2. The molecule has 1 aromatic rings. The van der Waals surface area contributed by atoms with Crippen molar-refractivity contribution in [2.45, 2.75) is 37.6 Å². The van der Waals surface area contributed by atoms with Crippen LogP contribution >= 0.6 is 0 Å². The van der Waals surface area contributed by atoms with Crippen LogP contribution in [0.25, 0.3) is 0 Å². The SMILES string of the molecule is Oc1ccc2c(c1)C13CCCCC1CCN3CCO2. The minimum atomic E-state index is 0.142. The van der Waals surface area contributed by atoms with Crippen molar-refractivity contribution in [3.8, 4) is 11.5 Å². The molecule has 0 aromatic heterocycles. The highest BCUT2D eigenvalue weighted by Crippen LogP contribution is 2.55. The van der Waals surface area contributed by atoms with Crippen LogP contribution < -0.4 is 4.74 Å². The molecule has 3 heteroatoms. The summed E-state index contributed by atoms with van der Waals surface area (Å²) in [5.74, 6) is 2.10. The fraction of sp³-hybridized carbons (Fsp3) is 0.625. The summed E-state index contributed by atoms with van der Waals surface area (Å²) in [6, 6.07) is 5.65. The summed E-state index contributed by atoms with van der Waals surface area (Å²) >= 11 is 0. The van der Waals surface area contributed by atoms with E-state index in [0.717, 1.165) is 24.8 Å². The molecule has 1 saturated heterocycles. The molecule has 19 heavy (non-hydrogen) atoms. The van der Waals surface area contributed by atoms with E-state index < -0.39 is 0 Å². The summed E-state index contributed by atoms with van der Waals surface area (Å²) in [6.07, 6.45) is 6.50. The molecule has 4 rings (SSSR count). The number of nitrogens with zero attached hydrogens (tertiary/aromatic N) is 1. The zero-order valence-electron chi connectivity index (χ0n) is 11.3. The van der Waals surface area contributed by atoms with E-state index in [9.17, 15) is 5.11 Å². The van der Waals surface area contributed by atoms with Crippen molar-refractivity contribution in [2.75, 3.05) is 19.7 Å². The summed E-state index contributed by atoms with van der Waals surface area (Å²) in [7, 11) is 0. The van der Waals surface area contributed by atoms with Crippen LogP contribution in [0, 0.1) is 5.92 Å². The number of hydrogen-bond donors (Lipinski definition) is 1. The fourth-order valence-corrected chi connectivity index (χ4v) is 4.62. The van der Waals surface area contributed by atoms with Crippen LogP contribution in [0.1, 0.15) is 37.7 Å². The van der Waals surface area contributed by atoms with E-state index in [4.69, 9.17) is 4.74 Å². The Hall–Kier alpha value is -1.22. The van der Waals surface area contributed by atoms with E-state index in [-0.39, 0.29) is 5.54 Å². The zero-order valence-corrected chi connectivity index (χ0v) is 11.3. The lowest BCUT2D eigenvalue weighted by molar-refractivity contribution is 0.0624. The van der Waals surface area contributed by atoms with Gasteiger partial charge in [-0.25, -0.2) is 0 Å². The zero-order chi connectivity index (χ0) is 12.9. The first-order chi connectivity index (χ1) is 9.30. The number of phenols is 1. The first-order valence-corrected chi connectivity index (χ1v) is 7.52. The third-order valence-corrected chi connectivity index (χ3v) is 5.40. The average Bonchev–Trinajstić information content (AvgIpc) is 2.74. The van der Waals surface area contributed by atoms with E-state index in [2.05, 4.69) is 4.90 Å². The fourth-order valence-electron chi connectivity index (χ4n) is 4.62. The molecule has 0 bridgehead atoms. The Balaban J connectivity index is 1.91. The third kappa shape index (κ3) is 1.54. The van der Waals surface area contributed by atoms with Gasteiger partial charge in [-0.2, -0.15) is 0 Å². The molecule has 1 saturated carbocycles. The van der Waals surface area contributed by atoms with Gasteiger partial charge in [0, 0.05) is 12.1 Å². The van der Waals surface area contributed by atoms with Crippen molar-refractivity contribution in [2.24, 2.45) is 5.92 Å². The van der Waals surface area contributed by atoms with E-state index in [1.807, 2.05) is 12.1 Å². The second-order valence-electron chi connectivity index (χ2n) is 6.17. The largest absolute Gasteiger partial charge is 0.508 e. The maximum absolute atomic E-state index is 9.91. The molecule has 3 aliphatic rings. The van der Waals surface area contributed by atoms with Crippen LogP contribution in [0.15, 0.2) is 18.2 Å². The van der Waals surface area contributed by atoms with Crippen molar-refractivity contribution in [3.63, 3.8) is 0 Å². The first-order valence-electron chi connectivity index (χ1n) is 7.52. The smallest absolute Gasteiger partial charge is 0.124 e. The molecule has 2 aliphatic heterocycles. The van der Waals surface area contributed by atoms with Gasteiger partial charge in [-0.3, -0.25) is 4.90 Å². The van der Waals surface area contributed by atoms with Crippen LogP contribution in [0.3, 0.4) is 0 Å². The van der Waals surface area contributed by atoms with Gasteiger partial charge in [0.05, 0.1) is 5.54 Å². The normalized spacial score (nSPS) is 33.8. The van der Waals surface area contributed by atoms with Gasteiger partial charge in [-0.15, -0.1) is 0 Å². The topological polar surface area (TPSA) is 32.7 Å². The average molecular weight is 259 g/mol. The van der Waals surface area contributed by atoms with Crippen molar-refractivity contribution in [1.29, 1.82) is 0 Å². The molecule has 3 nitrogen and oxygen atoms in total. The Morgan fingerprint density at radius 2 is 2.16 bits per heavy atom. The second-order valence-corrected chi connectivity index (χ2v) is 6.17. The highest BCUT2D eigenvalue weighted by atomic mass is 16.5. The molecule has 2 fully saturated rings. The number of hydrogen-bond acceptors (Lipinski definition) is 3. The van der Waals surface area contributed by atoms with Gasteiger partial charge in [0.15, 0.2) is 0 Å². The molecule has 102 valence electrons. The minimum absolute atomic E-state index is 0.142. The number of fused-ring (bicyclic) bond motifs is 1. The molecule has 1 aromatic carbocycles. The number of ether oxygens (including phenoxy) is 1. The third-order valence-electron chi connectivity index (χ3n) is 5.40. The molecule has 1 aliphatic carbocycles. The lowest BCUT2D eigenvalue weighted by Gasteiger charge is -2.45. The summed E-state index contributed by atoms with van der Waals surface area (Å²) < 4.78 is 5.93. The predicted octanol–water partition coefficient (Wildman–Crippen LogP) is 2.88. The van der Waals surface area contributed by atoms with Crippen molar-refractivity contribution >= 4 is 0 Å². The summed E-state index contributed by atoms with van der Waals surface area (Å²) in [5.41, 5.74) is 1.38. The van der Waals surface area contributed by atoms with E-state index in [0.29, 0.717) is 5.75 Å². The summed E-state index contributed by atoms with van der Waals surface area (Å²) in [5, 5.41) is 9.91. The van der Waals surface area contributed by atoms with Crippen LogP contribution in [-0.2, 0) is 5.54 Å². The van der Waals surface area contributed by atoms with Gasteiger partial charge in [0.2, 0.25) is 0 Å². The molecular weight excluding hydrogens is 238 g/mol. The van der Waals surface area contributed by atoms with Crippen LogP contribution in [0.4, 0.5) is 0 Å². The Kier molecular flexibility index (Phi) is 2.52. The molecule has 2 atom stereocenters. The van der Waals surface area contributed by atoms with Gasteiger partial charge in [-0.1, -0.05) is 12.8 Å². The number of phenolic OH excluding ortho intramolecular Hbond substituents is 1. The number of benzene rings is 1. The van der Waals surface area contributed by atoms with Crippen molar-refractivity contribution in [3.05, 3.63) is 23.8 Å². The van der Waals surface area contributed by atoms with Gasteiger partial charge < -0.3 is 9.84 Å². The quantitative estimate of drug-likeness (QED) is 0.777. The van der Waals surface area contributed by atoms with Gasteiger partial charge in [0.1, 0.15) is 18.1 Å². The maximum Gasteiger partial charge on any atom is 0.124 e. The minimum Gasteiger partial charge on any atom is -0.508 e. The molecule has 2 unspecified atom stereocenters. The van der Waals surface area contributed by atoms with Crippen LogP contribution in [0.5, 0.6) is 11.5 Å². The van der Waals surface area contributed by atoms with E-state index >= 15 is 0 Å². The Morgan fingerprint density at radius 1 is 1.21 bits per heavy atom. The molecule has 0 amide bonds. The van der Waals surface area contributed by atoms with Crippen LogP contribution in [0.2, 0.25) is 0 Å². The highest BCUT2D eigenvalue weighted by molar-refractivity contribution is 5.46. The predicted molar refractivity (Wildman–Crippen MR) is 73.4 cm³/mol. The Bertz CT molecular complexity index is 502. The van der Waals surface area contributed by atoms with Crippen LogP contribution in [-0.4, -0.2) is 29.7 Å². The number of aromatic hydroxyl groups is 1. The molecule has 0 radical (unpaired) electrons. The summed E-state index contributed by atoms with van der Waals surface area (Å²) in [4.78, 5) is 2.63. The van der Waals surface area contributed by atoms with Gasteiger partial charge in [0.25, 0.3) is 0 Å². The van der Waals surface area contributed by atoms with Gasteiger partial charge >= 0.3 is 0 Å². The Labute approximate surface area is 114 Å². The van der Waals surface area contributed by atoms with Crippen molar-refractivity contribution in [1.82, 2.24) is 4.90 Å². The maximum atomic E-state index is 9.91. The lowest BCUT2D eigenvalue weighted by Crippen LogP contribution is -2.46. The number of rotatable bonds is 0. The highest BCUT2D eigenvalue weighted by Gasteiger charge is 2.52. The molecule has 1 N–H and O–H groups in total. The monoisotopic (exact) mass is 259 g/mol. The van der Waals surface area contributed by atoms with E-state index in [1.54, 1.807) is 6.07 Å². The lowest BCUT2D eigenvalue weighted by atomic mass is 9.69. The molecule has 1 spiro atoms. The standard InChI is InChI=1S/C16H21NO2/c18-13-4-5-15-14(11-13)16-7-2-1-3-12(16)6-8-17(16)9-10-19-15/h4-5,11-12,18H,1-3,6-10H2. The first kappa shape index (κ1) is 11.6. The second kappa shape index (κ2) is 4.14. The molecule has 2 heterocycles.